The predicted octanol–water partition coefficient (Wildman–Crippen LogP) is 12.4. The molecule has 6 heterocycles. The van der Waals surface area contributed by atoms with Gasteiger partial charge in [0.1, 0.15) is 44.1 Å². The van der Waals surface area contributed by atoms with Crippen LogP contribution in [0.3, 0.4) is 0 Å². The van der Waals surface area contributed by atoms with E-state index in [1.165, 1.54) is 12.7 Å². The van der Waals surface area contributed by atoms with Gasteiger partial charge in [-0.25, -0.2) is 19.0 Å². The first-order valence-corrected chi connectivity index (χ1v) is 35.7. The number of ether oxygens (including phenoxy) is 2. The minimum Gasteiger partial charge on any atom is -0.410 e. The van der Waals surface area contributed by atoms with Gasteiger partial charge in [0.2, 0.25) is 0 Å². The van der Waals surface area contributed by atoms with E-state index >= 15 is 0 Å². The number of azide groups is 2. The first-order chi connectivity index (χ1) is 36.9. The van der Waals surface area contributed by atoms with Crippen molar-refractivity contribution in [1.82, 2.24) is 29.2 Å². The van der Waals surface area contributed by atoms with Crippen molar-refractivity contribution in [2.24, 2.45) is 21.7 Å². The van der Waals surface area contributed by atoms with Gasteiger partial charge in [-0.15, -0.1) is 4.78 Å². The van der Waals surface area contributed by atoms with Crippen LogP contribution in [-0.4, -0.2) is 106 Å². The lowest BCUT2D eigenvalue weighted by atomic mass is 9.91. The maximum atomic E-state index is 12.8. The fraction of sp³-hybridized carbons (Fsp3) is 0.519. The second kappa shape index (κ2) is 24.2. The molecule has 424 valence electrons. The van der Waals surface area contributed by atoms with Gasteiger partial charge >= 0.3 is 0 Å². The normalized spacial score (nSPS) is 23.4. The average Bonchev–Trinajstić information content (AvgIpc) is 4.25. The van der Waals surface area contributed by atoms with Crippen LogP contribution >= 0.6 is 0 Å². The Hall–Kier alpha value is -6.35. The van der Waals surface area contributed by atoms with Gasteiger partial charge in [0, 0.05) is 27.9 Å². The van der Waals surface area contributed by atoms with Crippen LogP contribution in [0.25, 0.3) is 31.9 Å². The van der Waals surface area contributed by atoms with Gasteiger partial charge in [0.15, 0.2) is 39.8 Å². The third-order valence-corrected chi connectivity index (χ3v) is 25.2. The summed E-state index contributed by atoms with van der Waals surface area (Å²) in [5.74, 6) is -2.24. The molecule has 0 aliphatic carbocycles. The number of fused-ring (bicyclic) bond motifs is 2. The molecule has 0 saturated carbocycles. The van der Waals surface area contributed by atoms with Crippen LogP contribution < -0.4 is 10.6 Å². The largest absolute Gasteiger partial charge is 0.410 e. The zero-order valence-corrected chi connectivity index (χ0v) is 51.3. The Labute approximate surface area is 465 Å². The topological polar surface area (TPSA) is 293 Å². The Bertz CT molecular complexity index is 3190. The van der Waals surface area contributed by atoms with Crippen molar-refractivity contribution in [2.75, 3.05) is 17.2 Å². The highest BCUT2D eigenvalue weighted by atomic mass is 28.4. The lowest BCUT2D eigenvalue weighted by molar-refractivity contribution is -0.231. The van der Waals surface area contributed by atoms with Gasteiger partial charge in [-0.05, 0) is 107 Å². The minimum atomic E-state index is -2.25. The monoisotopic (exact) mass is 1130 g/mol. The number of hydrogen-bond donors (Lipinski definition) is 4. The molecule has 2 saturated heterocycles. The Morgan fingerprint density at radius 2 is 1.10 bits per heavy atom. The molecule has 4 N–H and O–H groups in total. The highest BCUT2D eigenvalue weighted by Crippen LogP contribution is 2.52. The average molecular weight is 1140 g/mol. The number of aromatic nitrogens is 6. The van der Waals surface area contributed by atoms with Crippen molar-refractivity contribution in [3.05, 3.63) is 141 Å². The molecule has 0 bridgehead atoms. The molecule has 8 rings (SSSR count). The van der Waals surface area contributed by atoms with Crippen LogP contribution in [-0.2, 0) is 18.3 Å². The molecule has 2 aromatic carbocycles. The van der Waals surface area contributed by atoms with Crippen molar-refractivity contribution in [3.63, 3.8) is 0 Å². The molecular formula is C54H78N14O8Si3. The van der Waals surface area contributed by atoms with Crippen molar-refractivity contribution in [3.8, 4) is 0 Å². The Morgan fingerprint density at radius 3 is 1.46 bits per heavy atom. The third kappa shape index (κ3) is 13.6. The molecular weight excluding hydrogens is 1060 g/mol. The molecule has 22 nitrogen and oxygen atoms in total. The molecule has 8 atom stereocenters. The number of anilines is 2. The van der Waals surface area contributed by atoms with E-state index in [2.05, 4.69) is 118 Å². The fourth-order valence-corrected chi connectivity index (χ4v) is 11.7. The Morgan fingerprint density at radius 1 is 0.684 bits per heavy atom. The summed E-state index contributed by atoms with van der Waals surface area (Å²) in [7, 11) is -5.92. The molecule has 79 heavy (non-hydrogen) atoms. The van der Waals surface area contributed by atoms with E-state index in [0.29, 0.717) is 45.9 Å². The molecule has 25 heteroatoms. The first-order valence-electron chi connectivity index (χ1n) is 26.4. The molecule has 6 aromatic rings. The van der Waals surface area contributed by atoms with Crippen LogP contribution in [0.1, 0.15) is 113 Å². The molecule has 2 fully saturated rings. The van der Waals surface area contributed by atoms with Gasteiger partial charge in [0.25, 0.3) is 11.8 Å². The number of rotatable bonds is 14. The SMILES string of the molecule is CC[C@@]1(N=[N+]=[N-])O[C@@H](c2ccc3c(NC(=O)c4ccccc4)ncnn23)[C@H](O[Si](C)(C)C(C)(C)C)[C@@H]1C.C[C@H]1[C@@H](O[Si](C)(C)C(C)(C)C)[C@H](c2ccc3c(NC(=O)c4ccccc4)ncnn23)O[C@]1(O)CO.C[Si](C)(C)N=[N+]=[N-]. The Kier molecular flexibility index (Phi) is 18.9. The summed E-state index contributed by atoms with van der Waals surface area (Å²) in [5, 5.41) is 39.6. The molecule has 0 unspecified atom stereocenters. The van der Waals surface area contributed by atoms with Gasteiger partial charge in [-0.3, -0.25) is 9.59 Å². The summed E-state index contributed by atoms with van der Waals surface area (Å²) in [5.41, 5.74) is 19.8. The van der Waals surface area contributed by atoms with Gasteiger partial charge in [-0.1, -0.05) is 123 Å². The standard InChI is InChI=1S/C26H35N7O3Si.C25H34N4O5Si.C3H9N3Si/c1-8-26(31-32-27)17(2)21(36-37(6,7)25(3,4)5)22(35-26)19-14-15-20-23(28-16-29-33(19)20)30-24(34)18-12-10-9-11-13-18;1-16-20(34-35(5,6)24(2,3)4)21(33-25(16,32)14-30)18-12-13-19-22(26-15-27-29(18)19)28-23(31)17-10-8-7-9-11-17;1-7(2,3)6-5-4/h9-17,21-22H,8H2,1-7H3,(H,28,29,30,34);7-13,15-16,20-21,30,32H,14H2,1-6H3,(H,26,27,28,31);1-3H3/t17-,21+,22-,26+;16-,20+,21-,25+;/m00./s1. The van der Waals surface area contributed by atoms with Crippen molar-refractivity contribution in [1.29, 1.82) is 0 Å². The number of carbonyl (C=O) groups is 2. The number of aliphatic hydroxyl groups is 2. The highest BCUT2D eigenvalue weighted by Gasteiger charge is 2.57. The molecule has 0 spiro atoms. The zero-order chi connectivity index (χ0) is 58.5. The number of amides is 2. The second-order valence-corrected chi connectivity index (χ2v) is 38.1. The summed E-state index contributed by atoms with van der Waals surface area (Å²) in [6.45, 7) is 32.9. The second-order valence-electron chi connectivity index (χ2n) is 24.1. The van der Waals surface area contributed by atoms with E-state index in [1.54, 1.807) is 51.5 Å². The maximum absolute atomic E-state index is 12.8. The summed E-state index contributed by atoms with van der Waals surface area (Å²) in [4.78, 5) is 39.9. The van der Waals surface area contributed by atoms with E-state index in [9.17, 15) is 25.3 Å². The number of carbonyl (C=O) groups excluding carboxylic acids is 2. The lowest BCUT2D eigenvalue weighted by Crippen LogP contribution is -2.48. The van der Waals surface area contributed by atoms with E-state index in [4.69, 9.17) is 23.9 Å². The predicted molar refractivity (Wildman–Crippen MR) is 312 cm³/mol. The lowest BCUT2D eigenvalue weighted by Gasteiger charge is -2.40. The van der Waals surface area contributed by atoms with Crippen molar-refractivity contribution in [2.45, 2.75) is 161 Å². The summed E-state index contributed by atoms with van der Waals surface area (Å²) in [6.07, 6.45) is 1.17. The number of aliphatic hydroxyl groups excluding tert-OH is 1. The summed E-state index contributed by atoms with van der Waals surface area (Å²) in [6, 6.07) is 25.2. The number of benzene rings is 2. The Balaban J connectivity index is 0.000000228. The van der Waals surface area contributed by atoms with E-state index in [1.807, 2.05) is 82.9 Å². The molecule has 0 radical (unpaired) electrons. The summed E-state index contributed by atoms with van der Waals surface area (Å²) < 4.78 is 33.2. The number of nitrogens with zero attached hydrogens (tertiary/aromatic N) is 12. The van der Waals surface area contributed by atoms with Gasteiger partial charge in [0.05, 0.1) is 30.2 Å². The molecule has 4 aromatic heterocycles. The molecule has 2 aliphatic rings. The van der Waals surface area contributed by atoms with E-state index in [-0.39, 0.29) is 33.9 Å². The van der Waals surface area contributed by atoms with Gasteiger partial charge in [-0.2, -0.15) is 10.2 Å². The van der Waals surface area contributed by atoms with Crippen molar-refractivity contribution >= 4 is 59.4 Å². The van der Waals surface area contributed by atoms with Gasteiger partial charge < -0.3 is 39.2 Å². The van der Waals surface area contributed by atoms with Crippen LogP contribution in [0, 0.1) is 11.8 Å². The number of hydrogen-bond acceptors (Lipinski definition) is 14. The third-order valence-electron chi connectivity index (χ3n) is 15.5. The van der Waals surface area contributed by atoms with Crippen molar-refractivity contribution < 1.29 is 38.1 Å². The van der Waals surface area contributed by atoms with E-state index in [0.717, 1.165) is 5.69 Å². The summed E-state index contributed by atoms with van der Waals surface area (Å²) >= 11 is 0. The molecule has 2 amide bonds. The molecule has 2 aliphatic heterocycles. The van der Waals surface area contributed by atoms with Crippen LogP contribution in [0.15, 0.2) is 107 Å². The quantitative estimate of drug-likeness (QED) is 0.0343. The number of nitrogens with one attached hydrogen (secondary N) is 2. The highest BCUT2D eigenvalue weighted by molar-refractivity contribution is 6.75. The first kappa shape index (κ1) is 61.9. The maximum Gasteiger partial charge on any atom is 0.256 e. The van der Waals surface area contributed by atoms with Crippen LogP contribution in [0.5, 0.6) is 0 Å². The van der Waals surface area contributed by atoms with Crippen LogP contribution in [0.2, 0.25) is 55.9 Å². The van der Waals surface area contributed by atoms with E-state index < -0.39 is 67.2 Å². The van der Waals surface area contributed by atoms with Crippen LogP contribution in [0.4, 0.5) is 11.6 Å². The zero-order valence-electron chi connectivity index (χ0n) is 48.3. The smallest absolute Gasteiger partial charge is 0.256 e. The minimum absolute atomic E-state index is 0.0223. The fourth-order valence-electron chi connectivity index (χ4n) is 8.70.